The zero-order valence-electron chi connectivity index (χ0n) is 35.3. The molecule has 9 rings (SSSR count). The molecule has 0 nitrogen and oxygen atoms in total. The average Bonchev–Trinajstić information content (AvgIpc) is 3.49. The molecule has 8 aromatic carbocycles. The highest BCUT2D eigenvalue weighted by Crippen LogP contribution is 2.53. The van der Waals surface area contributed by atoms with Gasteiger partial charge in [0.05, 0.1) is 0 Å². The van der Waals surface area contributed by atoms with E-state index >= 15 is 0 Å². The fourth-order valence-corrected chi connectivity index (χ4v) is 10.5. The molecule has 0 bridgehead atoms. The maximum absolute atomic E-state index is 14.6. The molecule has 0 radical (unpaired) electrons. The van der Waals surface area contributed by atoms with Crippen LogP contribution in [0, 0.1) is 19.7 Å². The smallest absolute Gasteiger partial charge is 0.123 e. The van der Waals surface area contributed by atoms with E-state index in [4.69, 9.17) is 12.6 Å². The number of benzene rings is 8. The van der Waals surface area contributed by atoms with Crippen LogP contribution in [-0.2, 0) is 18.3 Å². The lowest BCUT2D eigenvalue weighted by molar-refractivity contribution is 0.564. The summed E-state index contributed by atoms with van der Waals surface area (Å²) in [6, 6.07) is 61.3. The lowest BCUT2D eigenvalue weighted by Gasteiger charge is -2.28. The first-order chi connectivity index (χ1) is 29.1. The van der Waals surface area contributed by atoms with Gasteiger partial charge in [-0.05, 0) is 152 Å². The molecule has 298 valence electrons. The minimum absolute atomic E-state index is 0.172. The van der Waals surface area contributed by atoms with Gasteiger partial charge in [0.15, 0.2) is 0 Å². The summed E-state index contributed by atoms with van der Waals surface area (Å²) in [5, 5.41) is 2.68. The second-order valence-electron chi connectivity index (χ2n) is 17.6. The SMILES string of the molecule is Cc1ccc(F)cc1CC(c1ccccc1)C(C)c1ccc2c(c1)C(C)(C)c1cc(CCC(c3ccccc3)c3ccc(-c4ccccc4S)c(C)c3)c3ccccc3c1-2. The molecule has 0 saturated heterocycles. The second-order valence-corrected chi connectivity index (χ2v) is 18.1. The van der Waals surface area contributed by atoms with Crippen LogP contribution >= 0.6 is 12.6 Å². The second kappa shape index (κ2) is 16.4. The monoisotopic (exact) mass is 800 g/mol. The Labute approximate surface area is 361 Å². The third kappa shape index (κ3) is 7.41. The van der Waals surface area contributed by atoms with Crippen LogP contribution < -0.4 is 0 Å². The lowest BCUT2D eigenvalue weighted by Crippen LogP contribution is -2.17. The molecule has 3 atom stereocenters. The van der Waals surface area contributed by atoms with Gasteiger partial charge in [-0.3, -0.25) is 0 Å². The normalized spacial score (nSPS) is 14.4. The van der Waals surface area contributed by atoms with E-state index in [-0.39, 0.29) is 29.0 Å². The van der Waals surface area contributed by atoms with Crippen molar-refractivity contribution in [2.24, 2.45) is 0 Å². The molecule has 0 aromatic heterocycles. The summed E-state index contributed by atoms with van der Waals surface area (Å²) in [5.41, 5.74) is 17.9. The Kier molecular flexibility index (Phi) is 10.9. The molecule has 1 aliphatic carbocycles. The summed E-state index contributed by atoms with van der Waals surface area (Å²) >= 11 is 4.79. The maximum Gasteiger partial charge on any atom is 0.123 e. The highest BCUT2D eigenvalue weighted by atomic mass is 32.1. The van der Waals surface area contributed by atoms with Crippen molar-refractivity contribution in [1.82, 2.24) is 0 Å². The molecular formula is C58H53FS. The van der Waals surface area contributed by atoms with Gasteiger partial charge in [-0.25, -0.2) is 4.39 Å². The number of hydrogen-bond acceptors (Lipinski definition) is 1. The summed E-state index contributed by atoms with van der Waals surface area (Å²) in [4.78, 5) is 1.000. The van der Waals surface area contributed by atoms with Crippen molar-refractivity contribution in [3.63, 3.8) is 0 Å². The Morgan fingerprint density at radius 3 is 1.92 bits per heavy atom. The van der Waals surface area contributed by atoms with Gasteiger partial charge in [0, 0.05) is 16.2 Å². The first kappa shape index (κ1) is 39.7. The Balaban J connectivity index is 1.07. The number of hydrogen-bond donors (Lipinski definition) is 1. The fraction of sp³-hybridized carbons (Fsp3) is 0.207. The molecular weight excluding hydrogens is 748 g/mol. The summed E-state index contributed by atoms with van der Waals surface area (Å²) < 4.78 is 14.6. The van der Waals surface area contributed by atoms with Crippen LogP contribution in [0.3, 0.4) is 0 Å². The number of fused-ring (bicyclic) bond motifs is 5. The molecule has 0 heterocycles. The van der Waals surface area contributed by atoms with E-state index < -0.39 is 0 Å². The van der Waals surface area contributed by atoms with E-state index in [0.717, 1.165) is 35.3 Å². The molecule has 0 aliphatic heterocycles. The van der Waals surface area contributed by atoms with Crippen molar-refractivity contribution in [1.29, 1.82) is 0 Å². The van der Waals surface area contributed by atoms with Gasteiger partial charge in [0.2, 0.25) is 0 Å². The number of thiol groups is 1. The quantitative estimate of drug-likeness (QED) is 0.124. The first-order valence-electron chi connectivity index (χ1n) is 21.5. The van der Waals surface area contributed by atoms with Crippen LogP contribution in [0.4, 0.5) is 4.39 Å². The van der Waals surface area contributed by atoms with E-state index in [1.807, 2.05) is 12.1 Å². The number of aryl methyl sites for hydroxylation is 3. The fourth-order valence-electron chi connectivity index (χ4n) is 10.2. The Morgan fingerprint density at radius 1 is 0.533 bits per heavy atom. The largest absolute Gasteiger partial charge is 0.207 e. The van der Waals surface area contributed by atoms with Gasteiger partial charge in [-0.1, -0.05) is 172 Å². The molecule has 0 saturated carbocycles. The first-order valence-corrected chi connectivity index (χ1v) is 22.0. The van der Waals surface area contributed by atoms with Gasteiger partial charge in [-0.2, -0.15) is 0 Å². The Hall–Kier alpha value is -5.70. The van der Waals surface area contributed by atoms with E-state index in [9.17, 15) is 4.39 Å². The predicted molar refractivity (Wildman–Crippen MR) is 254 cm³/mol. The van der Waals surface area contributed by atoms with Crippen LogP contribution in [0.1, 0.15) is 101 Å². The van der Waals surface area contributed by atoms with Crippen molar-refractivity contribution in [3.8, 4) is 22.3 Å². The minimum atomic E-state index is -0.185. The van der Waals surface area contributed by atoms with Gasteiger partial charge in [0.1, 0.15) is 5.82 Å². The van der Waals surface area contributed by atoms with E-state index in [1.54, 1.807) is 12.1 Å². The highest BCUT2D eigenvalue weighted by molar-refractivity contribution is 7.80. The van der Waals surface area contributed by atoms with E-state index in [2.05, 4.69) is 180 Å². The zero-order valence-corrected chi connectivity index (χ0v) is 36.2. The van der Waals surface area contributed by atoms with Crippen LogP contribution in [0.25, 0.3) is 33.0 Å². The van der Waals surface area contributed by atoms with Crippen LogP contribution in [0.15, 0.2) is 175 Å². The average molecular weight is 801 g/mol. The van der Waals surface area contributed by atoms with E-state index in [1.165, 1.54) is 77.5 Å². The lowest BCUT2D eigenvalue weighted by atomic mass is 9.76. The van der Waals surface area contributed by atoms with Crippen molar-refractivity contribution < 1.29 is 4.39 Å². The van der Waals surface area contributed by atoms with Crippen molar-refractivity contribution in [3.05, 3.63) is 231 Å². The summed E-state index contributed by atoms with van der Waals surface area (Å²) in [6.45, 7) is 11.5. The summed E-state index contributed by atoms with van der Waals surface area (Å²) in [5.74, 6) is 0.488. The molecule has 60 heavy (non-hydrogen) atoms. The Morgan fingerprint density at radius 2 is 1.18 bits per heavy atom. The molecule has 0 fully saturated rings. The third-order valence-corrected chi connectivity index (χ3v) is 14.0. The van der Waals surface area contributed by atoms with Crippen LogP contribution in [0.5, 0.6) is 0 Å². The van der Waals surface area contributed by atoms with Crippen molar-refractivity contribution >= 4 is 23.4 Å². The highest BCUT2D eigenvalue weighted by Gasteiger charge is 2.38. The minimum Gasteiger partial charge on any atom is -0.207 e. The van der Waals surface area contributed by atoms with Gasteiger partial charge >= 0.3 is 0 Å². The van der Waals surface area contributed by atoms with E-state index in [0.29, 0.717) is 0 Å². The number of rotatable bonds is 11. The number of halogens is 1. The third-order valence-electron chi connectivity index (χ3n) is 13.6. The topological polar surface area (TPSA) is 0 Å². The summed E-state index contributed by atoms with van der Waals surface area (Å²) in [6.07, 6.45) is 2.73. The zero-order chi connectivity index (χ0) is 41.5. The Bertz CT molecular complexity index is 2830. The van der Waals surface area contributed by atoms with Gasteiger partial charge in [0.25, 0.3) is 0 Å². The van der Waals surface area contributed by atoms with Gasteiger partial charge in [-0.15, -0.1) is 12.6 Å². The maximum atomic E-state index is 14.6. The van der Waals surface area contributed by atoms with Crippen molar-refractivity contribution in [2.75, 3.05) is 0 Å². The predicted octanol–water partition coefficient (Wildman–Crippen LogP) is 15.8. The molecule has 0 amide bonds. The van der Waals surface area contributed by atoms with Crippen molar-refractivity contribution in [2.45, 2.75) is 81.9 Å². The molecule has 0 N–H and O–H groups in total. The molecule has 3 unspecified atom stereocenters. The summed E-state index contributed by atoms with van der Waals surface area (Å²) in [7, 11) is 0. The van der Waals surface area contributed by atoms with Gasteiger partial charge < -0.3 is 0 Å². The molecule has 1 aliphatic rings. The molecule has 8 aromatic rings. The van der Waals surface area contributed by atoms with Crippen LogP contribution in [0.2, 0.25) is 0 Å². The molecule has 0 spiro atoms. The molecule has 2 heteroatoms. The standard InChI is InChI=1S/C58H53FS/c1-37-24-28-46(59)33-45(37)34-53(41-18-10-7-11-19-41)39(3)42-25-31-52-54(35-42)58(4,5)55-36-44(49-20-12-13-22-51(49)57(52)55)27-30-48(40-16-8-6-9-17-40)43-26-29-47(38(2)32-43)50-21-14-15-23-56(50)60/h6-26,28-29,31-33,35-36,39,48,53,60H,27,30,34H2,1-5H3. The van der Waals surface area contributed by atoms with Crippen LogP contribution in [-0.4, -0.2) is 0 Å².